The van der Waals surface area contributed by atoms with Gasteiger partial charge in [0, 0.05) is 51.9 Å². The van der Waals surface area contributed by atoms with Crippen LogP contribution in [-0.4, -0.2) is 44.0 Å². The Kier molecular flexibility index (Phi) is 5.30. The molecule has 206 valence electrons. The lowest BCUT2D eigenvalue weighted by atomic mass is 10.0. The van der Waals surface area contributed by atoms with Gasteiger partial charge in [-0.25, -0.2) is 29.1 Å². The summed E-state index contributed by atoms with van der Waals surface area (Å²) in [5.41, 5.74) is 5.93. The van der Waals surface area contributed by atoms with E-state index in [9.17, 15) is 0 Å². The van der Waals surface area contributed by atoms with Gasteiger partial charge in [0.15, 0.2) is 5.82 Å². The van der Waals surface area contributed by atoms with Gasteiger partial charge in [-0.2, -0.15) is 15.0 Å². The number of aromatic nitrogens is 9. The van der Waals surface area contributed by atoms with Gasteiger partial charge in [-0.1, -0.05) is 54.6 Å². The molecule has 0 unspecified atom stereocenters. The lowest BCUT2D eigenvalue weighted by Gasteiger charge is -2.11. The fraction of sp³-hybridized carbons (Fsp3) is 0. The van der Waals surface area contributed by atoms with Gasteiger partial charge < -0.3 is 0 Å². The molecule has 0 atom stereocenters. The van der Waals surface area contributed by atoms with E-state index in [1.54, 1.807) is 24.8 Å². The molecule has 0 bridgehead atoms. The molecular formula is C35H21N9. The normalized spacial score (nSPS) is 11.6. The summed E-state index contributed by atoms with van der Waals surface area (Å²) in [6.07, 6.45) is 7.07. The van der Waals surface area contributed by atoms with Gasteiger partial charge in [0.05, 0.1) is 0 Å². The summed E-state index contributed by atoms with van der Waals surface area (Å²) in [6.45, 7) is 0. The molecule has 0 amide bonds. The zero-order chi connectivity index (χ0) is 29.0. The van der Waals surface area contributed by atoms with E-state index in [1.165, 1.54) is 0 Å². The van der Waals surface area contributed by atoms with Gasteiger partial charge in [-0.15, -0.1) is 0 Å². The van der Waals surface area contributed by atoms with Crippen LogP contribution in [-0.2, 0) is 0 Å². The van der Waals surface area contributed by atoms with E-state index in [2.05, 4.69) is 24.3 Å². The van der Waals surface area contributed by atoms with Crippen LogP contribution in [0.5, 0.6) is 0 Å². The highest BCUT2D eigenvalue weighted by atomic mass is 15.3. The largest absolute Gasteiger partial charge is 0.245 e. The predicted octanol–water partition coefficient (Wildman–Crippen LogP) is 6.98. The summed E-state index contributed by atoms with van der Waals surface area (Å²) in [5, 5.41) is 3.86. The highest BCUT2D eigenvalue weighted by Gasteiger charge is 2.22. The number of fused-ring (bicyclic) bond motifs is 6. The van der Waals surface area contributed by atoms with Crippen molar-refractivity contribution < 1.29 is 0 Å². The first-order valence-electron chi connectivity index (χ1n) is 14.2. The highest BCUT2D eigenvalue weighted by Crippen LogP contribution is 2.32. The SMILES string of the molecule is c1ccc(-c2ccc(-c3nc(-n4c5ncccc5c5cccnc54)nc(-n4c5ncccc5c5cccnc54)n3)cc2)cc1. The zero-order valence-corrected chi connectivity index (χ0v) is 23.1. The summed E-state index contributed by atoms with van der Waals surface area (Å²) in [4.78, 5) is 34.0. The number of nitrogens with zero attached hydrogens (tertiary/aromatic N) is 9. The molecule has 44 heavy (non-hydrogen) atoms. The Balaban J connectivity index is 1.34. The second-order valence-corrected chi connectivity index (χ2v) is 10.4. The van der Waals surface area contributed by atoms with Gasteiger partial charge in [-0.05, 0) is 59.7 Å². The number of hydrogen-bond donors (Lipinski definition) is 0. The fourth-order valence-electron chi connectivity index (χ4n) is 5.85. The van der Waals surface area contributed by atoms with Gasteiger partial charge in [0.1, 0.15) is 22.6 Å². The summed E-state index contributed by atoms with van der Waals surface area (Å²) in [6, 6.07) is 34.4. The average molecular weight is 568 g/mol. The standard InChI is InChI=1S/C35H21N9/c1-2-8-22(9-3-1)23-14-16-24(17-15-23)29-40-34(43-30-25(10-4-18-36-30)26-11-5-19-37-31(26)43)42-35(41-29)44-32-27(12-6-20-38-32)28-13-7-21-39-33(28)44/h1-21H. The van der Waals surface area contributed by atoms with Crippen LogP contribution >= 0.6 is 0 Å². The van der Waals surface area contributed by atoms with Crippen molar-refractivity contribution in [3.05, 3.63) is 128 Å². The van der Waals surface area contributed by atoms with Gasteiger partial charge in [0.25, 0.3) is 0 Å². The first kappa shape index (κ1) is 24.3. The predicted molar refractivity (Wildman–Crippen MR) is 171 cm³/mol. The Morgan fingerprint density at radius 3 is 1.16 bits per heavy atom. The Hall–Kier alpha value is -6.35. The molecule has 0 saturated carbocycles. The molecule has 9 nitrogen and oxygen atoms in total. The molecule has 0 aliphatic heterocycles. The van der Waals surface area contributed by atoms with Crippen molar-refractivity contribution in [2.24, 2.45) is 0 Å². The molecule has 0 spiro atoms. The van der Waals surface area contributed by atoms with Crippen LogP contribution in [0.4, 0.5) is 0 Å². The Bertz CT molecular complexity index is 2260. The molecule has 9 aromatic rings. The Morgan fingerprint density at radius 1 is 0.341 bits per heavy atom. The van der Waals surface area contributed by atoms with Crippen LogP contribution < -0.4 is 0 Å². The zero-order valence-electron chi connectivity index (χ0n) is 23.1. The molecule has 9 rings (SSSR count). The fourth-order valence-corrected chi connectivity index (χ4v) is 5.85. The van der Waals surface area contributed by atoms with E-state index in [0.717, 1.165) is 38.2 Å². The van der Waals surface area contributed by atoms with Crippen molar-refractivity contribution in [1.82, 2.24) is 44.0 Å². The van der Waals surface area contributed by atoms with Crippen molar-refractivity contribution in [3.63, 3.8) is 0 Å². The Morgan fingerprint density at radius 2 is 0.727 bits per heavy atom. The van der Waals surface area contributed by atoms with Crippen LogP contribution in [0.2, 0.25) is 0 Å². The van der Waals surface area contributed by atoms with Crippen LogP contribution in [0.3, 0.4) is 0 Å². The van der Waals surface area contributed by atoms with Gasteiger partial charge in [0.2, 0.25) is 11.9 Å². The number of benzene rings is 2. The molecule has 0 saturated heterocycles. The molecule has 2 aromatic carbocycles. The first-order chi connectivity index (χ1) is 21.8. The third-order valence-electron chi connectivity index (χ3n) is 7.84. The summed E-state index contributed by atoms with van der Waals surface area (Å²) in [5.74, 6) is 1.31. The van der Waals surface area contributed by atoms with Crippen LogP contribution in [0, 0.1) is 0 Å². The van der Waals surface area contributed by atoms with Gasteiger partial charge >= 0.3 is 0 Å². The van der Waals surface area contributed by atoms with E-state index < -0.39 is 0 Å². The molecule has 0 aliphatic carbocycles. The van der Waals surface area contributed by atoms with E-state index in [4.69, 9.17) is 34.9 Å². The number of rotatable bonds is 4. The number of pyridine rings is 4. The minimum Gasteiger partial charge on any atom is -0.245 e. The van der Waals surface area contributed by atoms with Gasteiger partial charge in [-0.3, -0.25) is 0 Å². The van der Waals surface area contributed by atoms with Crippen LogP contribution in [0.1, 0.15) is 0 Å². The van der Waals surface area contributed by atoms with Crippen molar-refractivity contribution >= 4 is 44.1 Å². The van der Waals surface area contributed by atoms with E-state index in [1.807, 2.05) is 88.0 Å². The van der Waals surface area contributed by atoms with Crippen molar-refractivity contribution in [2.75, 3.05) is 0 Å². The van der Waals surface area contributed by atoms with Crippen molar-refractivity contribution in [2.45, 2.75) is 0 Å². The smallest absolute Gasteiger partial charge is 0.242 e. The average Bonchev–Trinajstić information content (AvgIpc) is 3.62. The maximum absolute atomic E-state index is 5.05. The lowest BCUT2D eigenvalue weighted by Crippen LogP contribution is -2.11. The summed E-state index contributed by atoms with van der Waals surface area (Å²) >= 11 is 0. The molecule has 7 aromatic heterocycles. The molecule has 0 radical (unpaired) electrons. The summed E-state index contributed by atoms with van der Waals surface area (Å²) in [7, 11) is 0. The minimum absolute atomic E-state index is 0.399. The number of hydrogen-bond acceptors (Lipinski definition) is 7. The van der Waals surface area contributed by atoms with Crippen LogP contribution in [0.15, 0.2) is 128 Å². The molecule has 0 N–H and O–H groups in total. The van der Waals surface area contributed by atoms with Crippen molar-refractivity contribution in [3.8, 4) is 34.4 Å². The van der Waals surface area contributed by atoms with E-state index >= 15 is 0 Å². The second kappa shape index (κ2) is 9.60. The minimum atomic E-state index is 0.399. The topological polar surface area (TPSA) is 100 Å². The third kappa shape index (κ3) is 3.69. The lowest BCUT2D eigenvalue weighted by molar-refractivity contribution is 0.875. The third-order valence-corrected chi connectivity index (χ3v) is 7.84. The van der Waals surface area contributed by atoms with E-state index in [0.29, 0.717) is 40.3 Å². The van der Waals surface area contributed by atoms with Crippen LogP contribution in [0.25, 0.3) is 78.5 Å². The molecule has 7 heterocycles. The quantitative estimate of drug-likeness (QED) is 0.226. The Labute approximate surface area is 250 Å². The highest BCUT2D eigenvalue weighted by molar-refractivity contribution is 6.07. The van der Waals surface area contributed by atoms with Crippen molar-refractivity contribution in [1.29, 1.82) is 0 Å². The first-order valence-corrected chi connectivity index (χ1v) is 14.2. The second-order valence-electron chi connectivity index (χ2n) is 10.4. The molecule has 9 heteroatoms. The molecule has 0 fully saturated rings. The monoisotopic (exact) mass is 567 g/mol. The molecular weight excluding hydrogens is 546 g/mol. The van der Waals surface area contributed by atoms with E-state index in [-0.39, 0.29) is 0 Å². The maximum atomic E-state index is 5.05. The molecule has 0 aliphatic rings. The maximum Gasteiger partial charge on any atom is 0.242 e. The summed E-state index contributed by atoms with van der Waals surface area (Å²) < 4.78 is 3.79.